The minimum atomic E-state index is -0.875. The summed E-state index contributed by atoms with van der Waals surface area (Å²) in [5.74, 6) is -0.626. The Morgan fingerprint density at radius 1 is 0.921 bits per heavy atom. The molecule has 1 unspecified atom stereocenters. The van der Waals surface area contributed by atoms with Crippen LogP contribution in [-0.4, -0.2) is 30.5 Å². The van der Waals surface area contributed by atoms with Crippen molar-refractivity contribution in [3.8, 4) is 11.5 Å². The van der Waals surface area contributed by atoms with Crippen LogP contribution in [0.15, 0.2) is 84.4 Å². The zero-order valence-corrected chi connectivity index (χ0v) is 21.8. The van der Waals surface area contributed by atoms with E-state index in [9.17, 15) is 14.7 Å². The van der Waals surface area contributed by atoms with Crippen molar-refractivity contribution in [1.29, 1.82) is 0 Å². The van der Waals surface area contributed by atoms with Crippen molar-refractivity contribution >= 4 is 33.9 Å². The fraction of sp³-hybridized carbons (Fsp3) is 0.188. The number of aryl methyl sites for hydroxylation is 2. The Labute approximate surface area is 221 Å². The van der Waals surface area contributed by atoms with Crippen molar-refractivity contribution in [2.24, 2.45) is 0 Å². The van der Waals surface area contributed by atoms with E-state index in [2.05, 4.69) is 0 Å². The number of amides is 1. The number of aliphatic hydroxyl groups is 1. The first-order valence-corrected chi connectivity index (χ1v) is 12.5. The number of hydrogen-bond donors (Lipinski definition) is 1. The van der Waals surface area contributed by atoms with Gasteiger partial charge < -0.3 is 14.6 Å². The fourth-order valence-corrected chi connectivity index (χ4v) is 5.08. The summed E-state index contributed by atoms with van der Waals surface area (Å²) < 4.78 is 11.3. The Hall–Kier alpha value is -4.58. The molecule has 192 valence electrons. The molecule has 1 aliphatic rings. The molecule has 0 aliphatic carbocycles. The van der Waals surface area contributed by atoms with Crippen molar-refractivity contribution in [1.82, 2.24) is 0 Å². The molecule has 0 radical (unpaired) electrons. The third-order valence-corrected chi connectivity index (χ3v) is 6.92. The summed E-state index contributed by atoms with van der Waals surface area (Å²) in [6, 6.07) is 23.4. The average molecular weight is 508 g/mol. The Bertz CT molecular complexity index is 1600. The van der Waals surface area contributed by atoms with Gasteiger partial charge >= 0.3 is 0 Å². The van der Waals surface area contributed by atoms with Crippen LogP contribution in [0, 0.1) is 13.8 Å². The molecule has 0 bridgehead atoms. The molecule has 6 nitrogen and oxygen atoms in total. The van der Waals surface area contributed by atoms with Crippen LogP contribution in [0.2, 0.25) is 0 Å². The Balaban J connectivity index is 1.81. The lowest BCUT2D eigenvalue weighted by Gasteiger charge is -2.27. The van der Waals surface area contributed by atoms with Crippen molar-refractivity contribution in [2.75, 3.05) is 18.6 Å². The zero-order valence-electron chi connectivity index (χ0n) is 21.8. The molecule has 38 heavy (non-hydrogen) atoms. The molecule has 0 aromatic heterocycles. The normalized spacial score (nSPS) is 16.7. The molecule has 1 atom stereocenters. The summed E-state index contributed by atoms with van der Waals surface area (Å²) in [6.45, 7) is 6.11. The number of hydrogen-bond acceptors (Lipinski definition) is 5. The second kappa shape index (κ2) is 10.1. The smallest absolute Gasteiger partial charge is 0.300 e. The van der Waals surface area contributed by atoms with Gasteiger partial charge in [0.05, 0.1) is 25.3 Å². The molecule has 1 heterocycles. The van der Waals surface area contributed by atoms with Gasteiger partial charge in [-0.15, -0.1) is 0 Å². The maximum Gasteiger partial charge on any atom is 0.300 e. The number of carbonyl (C=O) groups excluding carboxylic acids is 2. The first-order chi connectivity index (χ1) is 18.3. The van der Waals surface area contributed by atoms with Gasteiger partial charge in [-0.05, 0) is 66.4 Å². The lowest BCUT2D eigenvalue weighted by molar-refractivity contribution is -0.132. The number of ether oxygens (including phenoxy) is 2. The van der Waals surface area contributed by atoms with E-state index in [1.807, 2.05) is 75.4 Å². The largest absolute Gasteiger partial charge is 0.507 e. The van der Waals surface area contributed by atoms with E-state index in [4.69, 9.17) is 9.47 Å². The molecule has 1 fully saturated rings. The predicted molar refractivity (Wildman–Crippen MR) is 149 cm³/mol. The van der Waals surface area contributed by atoms with E-state index in [0.717, 1.165) is 21.9 Å². The third kappa shape index (κ3) is 4.18. The van der Waals surface area contributed by atoms with Gasteiger partial charge in [0.15, 0.2) is 11.5 Å². The monoisotopic (exact) mass is 507 g/mol. The number of rotatable bonds is 6. The summed E-state index contributed by atoms with van der Waals surface area (Å²) >= 11 is 0. The Morgan fingerprint density at radius 3 is 2.45 bits per heavy atom. The first-order valence-electron chi connectivity index (χ1n) is 12.5. The van der Waals surface area contributed by atoms with Crippen LogP contribution in [0.1, 0.15) is 35.2 Å². The molecule has 0 spiro atoms. The molecule has 1 saturated heterocycles. The molecule has 1 aliphatic heterocycles. The third-order valence-electron chi connectivity index (χ3n) is 6.92. The molecule has 5 rings (SSSR count). The number of benzene rings is 4. The highest BCUT2D eigenvalue weighted by molar-refractivity contribution is 6.52. The summed E-state index contributed by atoms with van der Waals surface area (Å²) in [5, 5.41) is 13.4. The highest BCUT2D eigenvalue weighted by atomic mass is 16.5. The van der Waals surface area contributed by atoms with Gasteiger partial charge in [-0.1, -0.05) is 60.7 Å². The zero-order chi connectivity index (χ0) is 27.0. The van der Waals surface area contributed by atoms with Crippen molar-refractivity contribution in [2.45, 2.75) is 26.8 Å². The predicted octanol–water partition coefficient (Wildman–Crippen LogP) is 6.49. The summed E-state index contributed by atoms with van der Waals surface area (Å²) in [6.07, 6.45) is 0. The average Bonchev–Trinajstić information content (AvgIpc) is 3.19. The quantitative estimate of drug-likeness (QED) is 0.183. The van der Waals surface area contributed by atoms with Gasteiger partial charge in [0, 0.05) is 11.3 Å². The molecule has 6 heteroatoms. The fourth-order valence-electron chi connectivity index (χ4n) is 5.08. The maximum atomic E-state index is 13.7. The minimum absolute atomic E-state index is 0.0277. The standard InChI is InChI=1S/C32H29NO5/c1-5-38-27-18-22(15-16-26(27)37-4)29-28(30(34)24-12-8-10-21-9-6-7-11-23(21)24)31(35)32(36)33(29)25-17-19(2)13-14-20(25)3/h6-18,29,34H,5H2,1-4H3/b30-28+. The molecule has 0 saturated carbocycles. The molecular weight excluding hydrogens is 478 g/mol. The van der Waals surface area contributed by atoms with Gasteiger partial charge in [-0.2, -0.15) is 0 Å². The number of nitrogens with zero attached hydrogens (tertiary/aromatic N) is 1. The topological polar surface area (TPSA) is 76.1 Å². The number of ketones is 1. The molecule has 1 N–H and O–H groups in total. The van der Waals surface area contributed by atoms with Gasteiger partial charge in [0.1, 0.15) is 5.76 Å². The number of fused-ring (bicyclic) bond motifs is 1. The number of methoxy groups -OCH3 is 1. The molecule has 4 aromatic rings. The summed E-state index contributed by atoms with van der Waals surface area (Å²) in [4.78, 5) is 28.8. The lowest BCUT2D eigenvalue weighted by Crippen LogP contribution is -2.30. The van der Waals surface area contributed by atoms with Gasteiger partial charge in [-0.25, -0.2) is 0 Å². The van der Waals surface area contributed by atoms with Gasteiger partial charge in [-0.3, -0.25) is 14.5 Å². The molecule has 4 aromatic carbocycles. The van der Waals surface area contributed by atoms with Crippen molar-refractivity contribution in [3.05, 3.63) is 107 Å². The van der Waals surface area contributed by atoms with Crippen molar-refractivity contribution < 1.29 is 24.2 Å². The van der Waals surface area contributed by atoms with Crippen molar-refractivity contribution in [3.63, 3.8) is 0 Å². The van der Waals surface area contributed by atoms with E-state index >= 15 is 0 Å². The number of aliphatic hydroxyl groups excluding tert-OH is 1. The van der Waals surface area contributed by atoms with E-state index in [0.29, 0.717) is 34.9 Å². The highest BCUT2D eigenvalue weighted by Gasteiger charge is 2.47. The summed E-state index contributed by atoms with van der Waals surface area (Å²) in [7, 11) is 1.56. The van der Waals surface area contributed by atoms with Gasteiger partial charge in [0.25, 0.3) is 11.7 Å². The second-order valence-electron chi connectivity index (χ2n) is 9.33. The van der Waals surface area contributed by atoms with Crippen LogP contribution in [0.5, 0.6) is 11.5 Å². The van der Waals surface area contributed by atoms with E-state index in [1.54, 1.807) is 31.4 Å². The Kier molecular flexibility index (Phi) is 6.64. The van der Waals surface area contributed by atoms with Crippen LogP contribution < -0.4 is 14.4 Å². The number of carbonyl (C=O) groups is 2. The van der Waals surface area contributed by atoms with Crippen LogP contribution in [-0.2, 0) is 9.59 Å². The lowest BCUT2D eigenvalue weighted by atomic mass is 9.93. The Morgan fingerprint density at radius 2 is 1.68 bits per heavy atom. The van der Waals surface area contributed by atoms with E-state index in [-0.39, 0.29) is 11.3 Å². The molecular formula is C32H29NO5. The minimum Gasteiger partial charge on any atom is -0.507 e. The number of Topliss-reactive ketones (excluding diaryl/α,β-unsaturated/α-hetero) is 1. The van der Waals surface area contributed by atoms with Crippen LogP contribution in [0.3, 0.4) is 0 Å². The first kappa shape index (κ1) is 25.1. The maximum absolute atomic E-state index is 13.7. The van der Waals surface area contributed by atoms with E-state index < -0.39 is 17.7 Å². The van der Waals surface area contributed by atoms with Crippen LogP contribution in [0.25, 0.3) is 16.5 Å². The highest BCUT2D eigenvalue weighted by Crippen LogP contribution is 2.45. The number of anilines is 1. The second-order valence-corrected chi connectivity index (χ2v) is 9.33. The summed E-state index contributed by atoms with van der Waals surface area (Å²) in [5.41, 5.74) is 3.54. The van der Waals surface area contributed by atoms with Gasteiger partial charge in [0.2, 0.25) is 0 Å². The van der Waals surface area contributed by atoms with E-state index in [1.165, 1.54) is 4.90 Å². The van der Waals surface area contributed by atoms with Crippen LogP contribution >= 0.6 is 0 Å². The SMILES string of the molecule is CCOc1cc(C2/C(=C(\O)c3cccc4ccccc34)C(=O)C(=O)N2c2cc(C)ccc2C)ccc1OC. The van der Waals surface area contributed by atoms with Crippen LogP contribution in [0.4, 0.5) is 5.69 Å². The molecule has 1 amide bonds.